The van der Waals surface area contributed by atoms with E-state index in [0.29, 0.717) is 12.6 Å². The lowest BCUT2D eigenvalue weighted by Crippen LogP contribution is -2.45. The number of hydrogen-bond acceptors (Lipinski definition) is 3. The molecule has 0 saturated carbocycles. The Morgan fingerprint density at radius 3 is 2.20 bits per heavy atom. The normalized spacial score (nSPS) is 15.6. The van der Waals surface area contributed by atoms with Crippen molar-refractivity contribution in [3.8, 4) is 5.75 Å². The summed E-state index contributed by atoms with van der Waals surface area (Å²) in [4.78, 5) is 2.58. The summed E-state index contributed by atoms with van der Waals surface area (Å²) in [5.74, 6) is 0.938. The van der Waals surface area contributed by atoms with Gasteiger partial charge in [0.05, 0.1) is 0 Å². The van der Waals surface area contributed by atoms with Gasteiger partial charge in [-0.25, -0.2) is 0 Å². The maximum Gasteiger partial charge on any atom is 0.119 e. The average molecular weight is 383 g/mol. The SMILES string of the molecule is CC[C@H](c1ccc(OCc2ccccc2)cc1)N1CCNCC1.Cl.Cl. The van der Waals surface area contributed by atoms with Crippen LogP contribution in [0.3, 0.4) is 0 Å². The van der Waals surface area contributed by atoms with E-state index in [9.17, 15) is 0 Å². The molecule has 0 aliphatic carbocycles. The Morgan fingerprint density at radius 2 is 1.60 bits per heavy atom. The minimum Gasteiger partial charge on any atom is -0.489 e. The van der Waals surface area contributed by atoms with E-state index >= 15 is 0 Å². The highest BCUT2D eigenvalue weighted by molar-refractivity contribution is 5.85. The molecule has 1 atom stereocenters. The van der Waals surface area contributed by atoms with Crippen molar-refractivity contribution < 1.29 is 4.74 Å². The Labute approximate surface area is 163 Å². The molecule has 3 rings (SSSR count). The van der Waals surface area contributed by atoms with E-state index in [1.54, 1.807) is 0 Å². The summed E-state index contributed by atoms with van der Waals surface area (Å²) >= 11 is 0. The van der Waals surface area contributed by atoms with Crippen LogP contribution in [0, 0.1) is 0 Å². The molecular weight excluding hydrogens is 355 g/mol. The fourth-order valence-corrected chi connectivity index (χ4v) is 3.23. The predicted molar refractivity (Wildman–Crippen MR) is 109 cm³/mol. The Morgan fingerprint density at radius 1 is 0.960 bits per heavy atom. The van der Waals surface area contributed by atoms with Crippen LogP contribution in [0.4, 0.5) is 0 Å². The maximum absolute atomic E-state index is 5.88. The molecule has 0 aromatic heterocycles. The minimum absolute atomic E-state index is 0. The number of ether oxygens (including phenoxy) is 1. The Balaban J connectivity index is 0.00000156. The van der Waals surface area contributed by atoms with E-state index in [4.69, 9.17) is 4.74 Å². The monoisotopic (exact) mass is 382 g/mol. The smallest absolute Gasteiger partial charge is 0.119 e. The Kier molecular flexibility index (Phi) is 9.91. The molecule has 0 unspecified atom stereocenters. The van der Waals surface area contributed by atoms with E-state index in [0.717, 1.165) is 38.3 Å². The second-order valence-corrected chi connectivity index (χ2v) is 6.05. The molecule has 0 spiro atoms. The topological polar surface area (TPSA) is 24.5 Å². The highest BCUT2D eigenvalue weighted by atomic mass is 35.5. The number of rotatable bonds is 6. The van der Waals surface area contributed by atoms with E-state index in [1.165, 1.54) is 11.1 Å². The van der Waals surface area contributed by atoms with Crippen LogP contribution in [-0.4, -0.2) is 31.1 Å². The van der Waals surface area contributed by atoms with Crippen LogP contribution in [0.15, 0.2) is 54.6 Å². The number of piperazine rings is 1. The largest absolute Gasteiger partial charge is 0.489 e. The molecular formula is C20H28Cl2N2O. The number of nitrogens with one attached hydrogen (secondary N) is 1. The Bertz CT molecular complexity index is 586. The van der Waals surface area contributed by atoms with Crippen molar-refractivity contribution in [3.63, 3.8) is 0 Å². The van der Waals surface area contributed by atoms with Gasteiger partial charge in [-0.05, 0) is 29.7 Å². The summed E-state index contributed by atoms with van der Waals surface area (Å²) in [5, 5.41) is 3.42. The Hall–Kier alpha value is -1.26. The van der Waals surface area contributed by atoms with Crippen LogP contribution < -0.4 is 10.1 Å². The summed E-state index contributed by atoms with van der Waals surface area (Å²) in [5.41, 5.74) is 2.59. The number of halogens is 2. The molecule has 1 saturated heterocycles. The molecule has 5 heteroatoms. The van der Waals surface area contributed by atoms with Crippen LogP contribution in [0.25, 0.3) is 0 Å². The van der Waals surface area contributed by atoms with Gasteiger partial charge in [0.1, 0.15) is 12.4 Å². The van der Waals surface area contributed by atoms with Crippen molar-refractivity contribution >= 4 is 24.8 Å². The third kappa shape index (κ3) is 6.19. The molecule has 25 heavy (non-hydrogen) atoms. The van der Waals surface area contributed by atoms with Gasteiger partial charge in [-0.1, -0.05) is 49.4 Å². The standard InChI is InChI=1S/C20H26N2O.2ClH/c1-2-20(22-14-12-21-13-15-22)18-8-10-19(11-9-18)23-16-17-6-4-3-5-7-17;;/h3-11,20-21H,2,12-16H2,1H3;2*1H/t20-;;/m1../s1. The summed E-state index contributed by atoms with van der Waals surface area (Å²) in [7, 11) is 0. The fraction of sp³-hybridized carbons (Fsp3) is 0.400. The molecule has 1 heterocycles. The molecule has 1 fully saturated rings. The molecule has 3 nitrogen and oxygen atoms in total. The average Bonchev–Trinajstić information content (AvgIpc) is 2.63. The van der Waals surface area contributed by atoms with Gasteiger partial charge >= 0.3 is 0 Å². The molecule has 0 amide bonds. The zero-order chi connectivity index (χ0) is 15.9. The van der Waals surface area contributed by atoms with Crippen LogP contribution in [0.2, 0.25) is 0 Å². The minimum atomic E-state index is 0. The fourth-order valence-electron chi connectivity index (χ4n) is 3.23. The zero-order valence-corrected chi connectivity index (χ0v) is 16.3. The molecule has 0 bridgehead atoms. The van der Waals surface area contributed by atoms with E-state index in [1.807, 2.05) is 18.2 Å². The van der Waals surface area contributed by atoms with Crippen molar-refractivity contribution in [1.29, 1.82) is 0 Å². The van der Waals surface area contributed by atoms with Crippen molar-refractivity contribution in [2.24, 2.45) is 0 Å². The second kappa shape index (κ2) is 11.4. The third-order valence-electron chi connectivity index (χ3n) is 4.49. The molecule has 138 valence electrons. The second-order valence-electron chi connectivity index (χ2n) is 6.05. The molecule has 0 radical (unpaired) electrons. The van der Waals surface area contributed by atoms with Gasteiger partial charge in [0.25, 0.3) is 0 Å². The lowest BCUT2D eigenvalue weighted by Gasteiger charge is -2.34. The van der Waals surface area contributed by atoms with Crippen LogP contribution in [-0.2, 0) is 6.61 Å². The lowest BCUT2D eigenvalue weighted by atomic mass is 10.0. The van der Waals surface area contributed by atoms with Crippen LogP contribution in [0.1, 0.15) is 30.5 Å². The van der Waals surface area contributed by atoms with E-state index in [-0.39, 0.29) is 24.8 Å². The number of nitrogens with zero attached hydrogens (tertiary/aromatic N) is 1. The maximum atomic E-state index is 5.88. The van der Waals surface area contributed by atoms with Gasteiger partial charge in [0.2, 0.25) is 0 Å². The summed E-state index contributed by atoms with van der Waals surface area (Å²) < 4.78 is 5.88. The van der Waals surface area contributed by atoms with E-state index < -0.39 is 0 Å². The molecule has 2 aromatic carbocycles. The van der Waals surface area contributed by atoms with Gasteiger partial charge < -0.3 is 10.1 Å². The highest BCUT2D eigenvalue weighted by Gasteiger charge is 2.20. The zero-order valence-electron chi connectivity index (χ0n) is 14.7. The van der Waals surface area contributed by atoms with Gasteiger partial charge in [0, 0.05) is 32.2 Å². The third-order valence-corrected chi connectivity index (χ3v) is 4.49. The first-order valence-corrected chi connectivity index (χ1v) is 8.58. The first-order valence-electron chi connectivity index (χ1n) is 8.58. The van der Waals surface area contributed by atoms with E-state index in [2.05, 4.69) is 53.5 Å². The van der Waals surface area contributed by atoms with Crippen LogP contribution in [0.5, 0.6) is 5.75 Å². The van der Waals surface area contributed by atoms with Crippen molar-refractivity contribution in [1.82, 2.24) is 10.2 Å². The van der Waals surface area contributed by atoms with Crippen molar-refractivity contribution in [2.45, 2.75) is 26.0 Å². The summed E-state index contributed by atoms with van der Waals surface area (Å²) in [6.07, 6.45) is 1.14. The quantitative estimate of drug-likeness (QED) is 0.797. The number of benzene rings is 2. The van der Waals surface area contributed by atoms with Crippen molar-refractivity contribution in [3.05, 3.63) is 65.7 Å². The van der Waals surface area contributed by atoms with Crippen molar-refractivity contribution in [2.75, 3.05) is 26.2 Å². The summed E-state index contributed by atoms with van der Waals surface area (Å²) in [6.45, 7) is 7.33. The molecule has 1 N–H and O–H groups in total. The van der Waals surface area contributed by atoms with Gasteiger partial charge in [0.15, 0.2) is 0 Å². The predicted octanol–water partition coefficient (Wildman–Crippen LogP) is 4.47. The van der Waals surface area contributed by atoms with Crippen LogP contribution >= 0.6 is 24.8 Å². The molecule has 2 aromatic rings. The van der Waals surface area contributed by atoms with Gasteiger partial charge in [-0.3, -0.25) is 4.90 Å². The van der Waals surface area contributed by atoms with Gasteiger partial charge in [-0.2, -0.15) is 0 Å². The highest BCUT2D eigenvalue weighted by Crippen LogP contribution is 2.26. The lowest BCUT2D eigenvalue weighted by molar-refractivity contribution is 0.169. The first kappa shape index (κ1) is 21.8. The first-order chi connectivity index (χ1) is 11.4. The number of hydrogen-bond donors (Lipinski definition) is 1. The molecule has 1 aliphatic heterocycles. The van der Waals surface area contributed by atoms with Gasteiger partial charge in [-0.15, -0.1) is 24.8 Å². The molecule has 1 aliphatic rings. The summed E-state index contributed by atoms with van der Waals surface area (Å²) in [6, 6.07) is 19.4.